The molecule has 0 amide bonds. The molecular formula is C14H11IN2O2S. The van der Waals surface area contributed by atoms with E-state index in [4.69, 9.17) is 0 Å². The maximum Gasteiger partial charge on any atom is 0.268 e. The fourth-order valence-corrected chi connectivity index (χ4v) is 4.28. The van der Waals surface area contributed by atoms with E-state index in [0.29, 0.717) is 5.52 Å². The van der Waals surface area contributed by atoms with E-state index in [1.807, 2.05) is 6.92 Å². The molecule has 6 heteroatoms. The summed E-state index contributed by atoms with van der Waals surface area (Å²) in [6, 6.07) is 8.56. The number of hydrogen-bond acceptors (Lipinski definition) is 3. The molecule has 0 saturated heterocycles. The van der Waals surface area contributed by atoms with Gasteiger partial charge < -0.3 is 0 Å². The molecule has 0 aliphatic rings. The zero-order chi connectivity index (χ0) is 14.3. The first-order valence-electron chi connectivity index (χ1n) is 5.93. The first-order chi connectivity index (χ1) is 9.50. The SMILES string of the molecule is Cc1ccc(S(=O)(=O)n2cc(I)c3cnccc32)cc1. The van der Waals surface area contributed by atoms with Crippen LogP contribution in [0.25, 0.3) is 10.9 Å². The van der Waals surface area contributed by atoms with Crippen molar-refractivity contribution in [2.75, 3.05) is 0 Å². The molecule has 0 fully saturated rings. The van der Waals surface area contributed by atoms with Crippen molar-refractivity contribution in [1.82, 2.24) is 8.96 Å². The van der Waals surface area contributed by atoms with Crippen LogP contribution in [-0.2, 0) is 10.0 Å². The average molecular weight is 398 g/mol. The number of aryl methyl sites for hydroxylation is 1. The van der Waals surface area contributed by atoms with Crippen LogP contribution in [0.1, 0.15) is 5.56 Å². The third-order valence-corrected chi connectivity index (χ3v) is 5.65. The largest absolute Gasteiger partial charge is 0.268 e. The van der Waals surface area contributed by atoms with Gasteiger partial charge in [0.25, 0.3) is 10.0 Å². The molecule has 0 radical (unpaired) electrons. The molecular weight excluding hydrogens is 387 g/mol. The van der Waals surface area contributed by atoms with Gasteiger partial charge in [0.2, 0.25) is 0 Å². The van der Waals surface area contributed by atoms with E-state index in [0.717, 1.165) is 14.5 Å². The number of pyridine rings is 1. The molecule has 20 heavy (non-hydrogen) atoms. The minimum Gasteiger partial charge on any atom is -0.264 e. The maximum atomic E-state index is 12.7. The highest BCUT2D eigenvalue weighted by Gasteiger charge is 2.20. The van der Waals surface area contributed by atoms with Gasteiger partial charge >= 0.3 is 0 Å². The summed E-state index contributed by atoms with van der Waals surface area (Å²) >= 11 is 2.12. The highest BCUT2D eigenvalue weighted by Crippen LogP contribution is 2.26. The van der Waals surface area contributed by atoms with Crippen LogP contribution in [0.5, 0.6) is 0 Å². The molecule has 0 aliphatic heterocycles. The Bertz CT molecular complexity index is 883. The van der Waals surface area contributed by atoms with Gasteiger partial charge in [-0.25, -0.2) is 12.4 Å². The Hall–Kier alpha value is -1.41. The van der Waals surface area contributed by atoms with E-state index >= 15 is 0 Å². The van der Waals surface area contributed by atoms with Crippen molar-refractivity contribution >= 4 is 43.5 Å². The van der Waals surface area contributed by atoms with Crippen LogP contribution in [0.2, 0.25) is 0 Å². The third kappa shape index (κ3) is 2.12. The minimum atomic E-state index is -3.58. The third-order valence-electron chi connectivity index (χ3n) is 3.10. The lowest BCUT2D eigenvalue weighted by atomic mass is 10.2. The number of hydrogen-bond donors (Lipinski definition) is 0. The van der Waals surface area contributed by atoms with Crippen molar-refractivity contribution in [3.63, 3.8) is 0 Å². The first kappa shape index (κ1) is 13.6. The van der Waals surface area contributed by atoms with Gasteiger partial charge in [-0.3, -0.25) is 4.98 Å². The highest BCUT2D eigenvalue weighted by molar-refractivity contribution is 14.1. The van der Waals surface area contributed by atoms with E-state index in [1.165, 1.54) is 3.97 Å². The average Bonchev–Trinajstić information content (AvgIpc) is 2.78. The van der Waals surface area contributed by atoms with Gasteiger partial charge in [0.1, 0.15) is 0 Å². The molecule has 0 aliphatic carbocycles. The van der Waals surface area contributed by atoms with Gasteiger partial charge in [-0.2, -0.15) is 0 Å². The summed E-state index contributed by atoms with van der Waals surface area (Å²) in [6.45, 7) is 1.93. The van der Waals surface area contributed by atoms with Gasteiger partial charge in [0.05, 0.1) is 10.4 Å². The molecule has 0 saturated carbocycles. The van der Waals surface area contributed by atoms with Crippen LogP contribution in [0.15, 0.2) is 53.8 Å². The quantitative estimate of drug-likeness (QED) is 0.624. The van der Waals surface area contributed by atoms with Crippen LogP contribution < -0.4 is 0 Å². The smallest absolute Gasteiger partial charge is 0.264 e. The van der Waals surface area contributed by atoms with Crippen molar-refractivity contribution in [1.29, 1.82) is 0 Å². The van der Waals surface area contributed by atoms with Crippen molar-refractivity contribution in [3.05, 3.63) is 58.1 Å². The summed E-state index contributed by atoms with van der Waals surface area (Å²) in [4.78, 5) is 4.33. The summed E-state index contributed by atoms with van der Waals surface area (Å²) in [6.07, 6.45) is 4.90. The Morgan fingerprint density at radius 2 is 1.85 bits per heavy atom. The zero-order valence-electron chi connectivity index (χ0n) is 10.6. The number of benzene rings is 1. The number of fused-ring (bicyclic) bond motifs is 1. The number of halogens is 1. The normalized spacial score (nSPS) is 11.9. The molecule has 0 unspecified atom stereocenters. The van der Waals surface area contributed by atoms with E-state index in [2.05, 4.69) is 27.6 Å². The Balaban J connectivity index is 2.27. The lowest BCUT2D eigenvalue weighted by Gasteiger charge is -2.07. The standard InChI is InChI=1S/C14H11IN2O2S/c1-10-2-4-11(5-3-10)20(18,19)17-9-13(15)12-8-16-7-6-14(12)17/h2-9H,1H3. The van der Waals surface area contributed by atoms with E-state index in [9.17, 15) is 8.42 Å². The molecule has 2 aromatic heterocycles. The second-order valence-corrected chi connectivity index (χ2v) is 7.46. The topological polar surface area (TPSA) is 52.0 Å². The summed E-state index contributed by atoms with van der Waals surface area (Å²) in [7, 11) is -3.58. The summed E-state index contributed by atoms with van der Waals surface area (Å²) in [5.41, 5.74) is 1.67. The maximum absolute atomic E-state index is 12.7. The fraction of sp³-hybridized carbons (Fsp3) is 0.0714. The van der Waals surface area contributed by atoms with Gasteiger partial charge in [0, 0.05) is 27.5 Å². The minimum absolute atomic E-state index is 0.285. The zero-order valence-corrected chi connectivity index (χ0v) is 13.6. The first-order valence-corrected chi connectivity index (χ1v) is 8.45. The highest BCUT2D eigenvalue weighted by atomic mass is 127. The van der Waals surface area contributed by atoms with Crippen molar-refractivity contribution in [3.8, 4) is 0 Å². The lowest BCUT2D eigenvalue weighted by Crippen LogP contribution is -2.11. The number of nitrogens with zero attached hydrogens (tertiary/aromatic N) is 2. The summed E-state index contributed by atoms with van der Waals surface area (Å²) in [5.74, 6) is 0. The Labute approximate surface area is 130 Å². The van der Waals surface area contributed by atoms with Crippen LogP contribution >= 0.6 is 22.6 Å². The molecule has 3 aromatic rings. The van der Waals surface area contributed by atoms with E-state index in [-0.39, 0.29) is 4.90 Å². The van der Waals surface area contributed by atoms with E-state index in [1.54, 1.807) is 48.9 Å². The van der Waals surface area contributed by atoms with Crippen molar-refractivity contribution in [2.24, 2.45) is 0 Å². The van der Waals surface area contributed by atoms with Crippen LogP contribution in [0.4, 0.5) is 0 Å². The fourth-order valence-electron chi connectivity index (χ4n) is 2.03. The molecule has 0 atom stereocenters. The molecule has 4 nitrogen and oxygen atoms in total. The van der Waals surface area contributed by atoms with E-state index < -0.39 is 10.0 Å². The lowest BCUT2D eigenvalue weighted by molar-refractivity contribution is 0.589. The van der Waals surface area contributed by atoms with Crippen molar-refractivity contribution in [2.45, 2.75) is 11.8 Å². The monoisotopic (exact) mass is 398 g/mol. The van der Waals surface area contributed by atoms with Gasteiger partial charge in [-0.15, -0.1) is 0 Å². The van der Waals surface area contributed by atoms with Crippen LogP contribution in [-0.4, -0.2) is 17.4 Å². The van der Waals surface area contributed by atoms with Crippen LogP contribution in [0, 0.1) is 10.5 Å². The Morgan fingerprint density at radius 3 is 2.55 bits per heavy atom. The predicted molar refractivity (Wildman–Crippen MR) is 86.2 cm³/mol. The molecule has 0 N–H and O–H groups in total. The number of rotatable bonds is 2. The van der Waals surface area contributed by atoms with Gasteiger partial charge in [-0.05, 0) is 47.7 Å². The molecule has 102 valence electrons. The second kappa shape index (κ2) is 4.85. The molecule has 1 aromatic carbocycles. The second-order valence-electron chi connectivity index (χ2n) is 4.48. The summed E-state index contributed by atoms with van der Waals surface area (Å²) in [5, 5.41) is 0.837. The molecule has 3 rings (SSSR count). The summed E-state index contributed by atoms with van der Waals surface area (Å²) < 4.78 is 27.6. The van der Waals surface area contributed by atoms with Crippen molar-refractivity contribution < 1.29 is 8.42 Å². The Kier molecular flexibility index (Phi) is 3.29. The van der Waals surface area contributed by atoms with Crippen LogP contribution in [0.3, 0.4) is 0 Å². The molecule has 2 heterocycles. The Morgan fingerprint density at radius 1 is 1.15 bits per heavy atom. The molecule has 0 bridgehead atoms. The van der Waals surface area contributed by atoms with Gasteiger partial charge in [-0.1, -0.05) is 17.7 Å². The van der Waals surface area contributed by atoms with Gasteiger partial charge in [0.15, 0.2) is 0 Å². The predicted octanol–water partition coefficient (Wildman–Crippen LogP) is 3.19. The molecule has 0 spiro atoms. The number of aromatic nitrogens is 2.